The van der Waals surface area contributed by atoms with E-state index in [2.05, 4.69) is 6.58 Å². The van der Waals surface area contributed by atoms with Gasteiger partial charge in [0.1, 0.15) is 6.61 Å². The highest BCUT2D eigenvalue weighted by molar-refractivity contribution is 7.99. The van der Waals surface area contributed by atoms with Gasteiger partial charge >= 0.3 is 5.97 Å². The number of thioether (sulfide) groups is 1. The molecule has 0 spiro atoms. The van der Waals surface area contributed by atoms with E-state index < -0.39 is 5.97 Å². The first-order valence-electron chi connectivity index (χ1n) is 9.30. The van der Waals surface area contributed by atoms with Crippen molar-refractivity contribution in [2.75, 3.05) is 24.3 Å². The Bertz CT molecular complexity index is 1040. The molecule has 1 aliphatic carbocycles. The van der Waals surface area contributed by atoms with Crippen molar-refractivity contribution < 1.29 is 19.1 Å². The normalized spacial score (nSPS) is 19.6. The second-order valence-electron chi connectivity index (χ2n) is 6.89. The van der Waals surface area contributed by atoms with Gasteiger partial charge in [0.25, 0.3) is 0 Å². The third kappa shape index (κ3) is 3.34. The number of para-hydroxylation sites is 2. The second kappa shape index (κ2) is 7.79. The van der Waals surface area contributed by atoms with E-state index in [1.165, 1.54) is 0 Å². The van der Waals surface area contributed by atoms with Crippen molar-refractivity contribution in [2.24, 2.45) is 0 Å². The molecule has 148 valence electrons. The van der Waals surface area contributed by atoms with Crippen LogP contribution in [0.25, 0.3) is 0 Å². The summed E-state index contributed by atoms with van der Waals surface area (Å²) in [5.41, 5.74) is 3.54. The largest absolute Gasteiger partial charge is 0.460 e. The molecule has 5 nitrogen and oxygen atoms in total. The van der Waals surface area contributed by atoms with Gasteiger partial charge in [-0.1, -0.05) is 43.0 Å². The second-order valence-corrected chi connectivity index (χ2v) is 7.83. The maximum atomic E-state index is 13.2. The number of ether oxygens (including phenoxy) is 2. The number of Topliss-reactive ketones (excluding diaryl/α,β-unsaturated/α-hetero) is 1. The Hall–Kier alpha value is -2.99. The molecule has 0 saturated heterocycles. The number of carbonyl (C=O) groups excluding carboxylic acids is 2. The van der Waals surface area contributed by atoms with Crippen molar-refractivity contribution >= 4 is 29.2 Å². The van der Waals surface area contributed by atoms with E-state index in [9.17, 15) is 9.59 Å². The van der Waals surface area contributed by atoms with Gasteiger partial charge in [0.2, 0.25) is 5.88 Å². The average molecular weight is 407 g/mol. The fourth-order valence-corrected chi connectivity index (χ4v) is 4.52. The molecular formula is C23H21NO4S. The molecule has 2 aromatic rings. The van der Waals surface area contributed by atoms with E-state index >= 15 is 0 Å². The summed E-state index contributed by atoms with van der Waals surface area (Å²) in [6, 6.07) is 15.3. The topological polar surface area (TPSA) is 55.8 Å². The third-order valence-electron chi connectivity index (χ3n) is 4.97. The summed E-state index contributed by atoms with van der Waals surface area (Å²) >= 11 is 1.60. The monoisotopic (exact) mass is 407 g/mol. The molecule has 4 rings (SSSR count). The predicted molar refractivity (Wildman–Crippen MR) is 114 cm³/mol. The van der Waals surface area contributed by atoms with Crippen LogP contribution < -0.4 is 9.64 Å². The van der Waals surface area contributed by atoms with E-state index in [1.807, 2.05) is 59.7 Å². The number of esters is 1. The van der Waals surface area contributed by atoms with Crippen LogP contribution >= 0.6 is 11.8 Å². The Balaban J connectivity index is 1.72. The molecular weight excluding hydrogens is 386 g/mol. The van der Waals surface area contributed by atoms with E-state index in [-0.39, 0.29) is 17.6 Å². The zero-order valence-corrected chi connectivity index (χ0v) is 17.1. The summed E-state index contributed by atoms with van der Waals surface area (Å²) in [6.45, 7) is 5.75. The number of carbonyl (C=O) groups is 2. The Kier molecular flexibility index (Phi) is 5.20. The minimum Gasteiger partial charge on any atom is -0.460 e. The summed E-state index contributed by atoms with van der Waals surface area (Å²) < 4.78 is 11.4. The highest BCUT2D eigenvalue weighted by Crippen LogP contribution is 2.49. The fraction of sp³-hybridized carbons (Fsp3) is 0.217. The van der Waals surface area contributed by atoms with Crippen LogP contribution in [0.3, 0.4) is 0 Å². The number of anilines is 1. The zero-order valence-electron chi connectivity index (χ0n) is 16.3. The fourth-order valence-electron chi connectivity index (χ4n) is 3.62. The van der Waals surface area contributed by atoms with E-state index in [0.29, 0.717) is 34.9 Å². The van der Waals surface area contributed by atoms with Gasteiger partial charge in [0.05, 0.1) is 23.1 Å². The summed E-state index contributed by atoms with van der Waals surface area (Å²) in [5, 5.41) is -0.108. The van der Waals surface area contributed by atoms with Gasteiger partial charge in [-0.25, -0.2) is 4.79 Å². The summed E-state index contributed by atoms with van der Waals surface area (Å²) in [7, 11) is 0. The molecule has 2 aliphatic rings. The quantitative estimate of drug-likeness (QED) is 0.537. The third-order valence-corrected chi connectivity index (χ3v) is 5.93. The summed E-state index contributed by atoms with van der Waals surface area (Å²) in [4.78, 5) is 26.9. The molecule has 1 atom stereocenters. The molecule has 0 radical (unpaired) electrons. The lowest BCUT2D eigenvalue weighted by atomic mass is 10.1. The van der Waals surface area contributed by atoms with Crippen LogP contribution in [-0.2, 0) is 9.53 Å². The number of rotatable bonds is 5. The van der Waals surface area contributed by atoms with E-state index in [4.69, 9.17) is 9.47 Å². The number of ketones is 1. The molecule has 1 unspecified atom stereocenters. The first kappa shape index (κ1) is 19.3. The highest BCUT2D eigenvalue weighted by atomic mass is 32.2. The van der Waals surface area contributed by atoms with Crippen molar-refractivity contribution in [1.82, 2.24) is 0 Å². The van der Waals surface area contributed by atoms with Crippen LogP contribution in [0.5, 0.6) is 5.75 Å². The van der Waals surface area contributed by atoms with Gasteiger partial charge in [-0.3, -0.25) is 4.79 Å². The molecule has 1 heterocycles. The lowest BCUT2D eigenvalue weighted by Crippen LogP contribution is -2.28. The Morgan fingerprint density at radius 2 is 1.93 bits per heavy atom. The molecule has 0 bridgehead atoms. The highest BCUT2D eigenvalue weighted by Gasteiger charge is 2.41. The van der Waals surface area contributed by atoms with Crippen molar-refractivity contribution in [2.45, 2.75) is 12.2 Å². The molecule has 0 amide bonds. The van der Waals surface area contributed by atoms with E-state index in [0.717, 1.165) is 11.3 Å². The van der Waals surface area contributed by atoms with Gasteiger partial charge in [-0.15, -0.1) is 0 Å². The predicted octanol–water partition coefficient (Wildman–Crippen LogP) is 4.52. The number of hydrogen-bond donors (Lipinski definition) is 0. The minimum absolute atomic E-state index is 0.0216. The maximum Gasteiger partial charge on any atom is 0.333 e. The van der Waals surface area contributed by atoms with Crippen LogP contribution in [0, 0.1) is 0 Å². The van der Waals surface area contributed by atoms with Crippen LogP contribution in [0.15, 0.2) is 72.1 Å². The Labute approximate surface area is 174 Å². The standard InChI is InChI=1S/C23H21NO4S/c1-14(2)23(26)27-13-12-24-17-10-6-7-11-18(17)28-22(24)19-20(25)15-8-4-5-9-16(15)21(19)29-3/h4-11,21H,1,12-13H2,2-3H3/b22-19-. The Morgan fingerprint density at radius 3 is 2.69 bits per heavy atom. The maximum absolute atomic E-state index is 13.2. The first-order valence-corrected chi connectivity index (χ1v) is 10.6. The van der Waals surface area contributed by atoms with Crippen LogP contribution in [0.4, 0.5) is 5.69 Å². The first-order chi connectivity index (χ1) is 14.0. The molecule has 0 aromatic heterocycles. The Morgan fingerprint density at radius 1 is 1.21 bits per heavy atom. The smallest absolute Gasteiger partial charge is 0.333 e. The lowest BCUT2D eigenvalue weighted by Gasteiger charge is -2.21. The van der Waals surface area contributed by atoms with Crippen LogP contribution in [0.1, 0.15) is 28.1 Å². The molecule has 6 heteroatoms. The molecule has 0 saturated carbocycles. The average Bonchev–Trinajstić information content (AvgIpc) is 3.23. The molecule has 1 aliphatic heterocycles. The van der Waals surface area contributed by atoms with Gasteiger partial charge in [-0.05, 0) is 30.9 Å². The molecule has 29 heavy (non-hydrogen) atoms. The number of benzene rings is 2. The zero-order chi connectivity index (χ0) is 20.5. The van der Waals surface area contributed by atoms with Gasteiger partial charge < -0.3 is 14.4 Å². The van der Waals surface area contributed by atoms with Crippen molar-refractivity contribution in [3.63, 3.8) is 0 Å². The minimum atomic E-state index is -0.432. The van der Waals surface area contributed by atoms with Crippen molar-refractivity contribution in [1.29, 1.82) is 0 Å². The van der Waals surface area contributed by atoms with Gasteiger partial charge in [-0.2, -0.15) is 11.8 Å². The number of hydrogen-bond acceptors (Lipinski definition) is 6. The number of nitrogens with zero attached hydrogens (tertiary/aromatic N) is 1. The van der Waals surface area contributed by atoms with Crippen LogP contribution in [-0.4, -0.2) is 31.2 Å². The SMILES string of the molecule is C=C(C)C(=O)OCCN1/C(=C2\C(=O)c3ccccc3C2SC)Oc2ccccc21. The molecule has 0 N–H and O–H groups in total. The van der Waals surface area contributed by atoms with Gasteiger partial charge in [0.15, 0.2) is 11.5 Å². The molecule has 0 fully saturated rings. The van der Waals surface area contributed by atoms with Crippen molar-refractivity contribution in [3.05, 3.63) is 83.3 Å². The van der Waals surface area contributed by atoms with E-state index in [1.54, 1.807) is 18.7 Å². The molecule has 2 aromatic carbocycles. The number of fused-ring (bicyclic) bond motifs is 2. The summed E-state index contributed by atoms with van der Waals surface area (Å²) in [6.07, 6.45) is 1.99. The van der Waals surface area contributed by atoms with Crippen molar-refractivity contribution in [3.8, 4) is 5.75 Å². The van der Waals surface area contributed by atoms with Gasteiger partial charge in [0, 0.05) is 11.1 Å². The lowest BCUT2D eigenvalue weighted by molar-refractivity contribution is -0.138. The van der Waals surface area contributed by atoms with Crippen LogP contribution in [0.2, 0.25) is 0 Å². The summed E-state index contributed by atoms with van der Waals surface area (Å²) in [5.74, 6) is 0.744.